The van der Waals surface area contributed by atoms with E-state index in [4.69, 9.17) is 53.1 Å². The van der Waals surface area contributed by atoms with Crippen LogP contribution in [0.1, 0.15) is 58.3 Å². The molecule has 12 nitrogen and oxygen atoms in total. The maximum Gasteiger partial charge on any atom is 0.305 e. The first-order chi connectivity index (χ1) is 22.7. The first-order valence-corrected chi connectivity index (χ1v) is 17.0. The highest BCUT2D eigenvalue weighted by molar-refractivity contribution is 5.69. The van der Waals surface area contributed by atoms with Crippen molar-refractivity contribution in [1.29, 1.82) is 0 Å². The number of nitrogen functional groups attached to an aromatic ring is 1. The van der Waals surface area contributed by atoms with Gasteiger partial charge in [-0.2, -0.15) is 0 Å². The maximum atomic E-state index is 11.7. The summed E-state index contributed by atoms with van der Waals surface area (Å²) in [5.74, 6) is 0.527. The fourth-order valence-electron chi connectivity index (χ4n) is 3.98. The lowest BCUT2D eigenvalue weighted by atomic mass is 10.1. The maximum absolute atomic E-state index is 11.7. The fraction of sp³-hybridized carbons (Fsp3) is 0.794. The quantitative estimate of drug-likeness (QED) is 0.0619. The number of para-hydroxylation sites is 2. The monoisotopic (exact) mass is 659 g/mol. The van der Waals surface area contributed by atoms with E-state index in [1.165, 1.54) is 32.1 Å². The predicted molar refractivity (Wildman–Crippen MR) is 176 cm³/mol. The Bertz CT molecular complexity index is 787. The van der Waals surface area contributed by atoms with E-state index >= 15 is 0 Å². The molecule has 0 fully saturated rings. The first-order valence-electron chi connectivity index (χ1n) is 17.0. The molecule has 1 rings (SSSR count). The second kappa shape index (κ2) is 34.3. The summed E-state index contributed by atoms with van der Waals surface area (Å²) in [6.45, 7) is 10.7. The van der Waals surface area contributed by atoms with Gasteiger partial charge in [0.25, 0.3) is 0 Å². The van der Waals surface area contributed by atoms with E-state index in [1.54, 1.807) is 6.07 Å². The Kier molecular flexibility index (Phi) is 31.3. The largest absolute Gasteiger partial charge is 0.489 e. The van der Waals surface area contributed by atoms with Gasteiger partial charge in [0.1, 0.15) is 19.0 Å². The van der Waals surface area contributed by atoms with Gasteiger partial charge in [-0.15, -0.1) is 0 Å². The van der Waals surface area contributed by atoms with Crippen molar-refractivity contribution >= 4 is 11.7 Å². The minimum absolute atomic E-state index is 0.141. The third kappa shape index (κ3) is 29.4. The van der Waals surface area contributed by atoms with E-state index in [1.807, 2.05) is 18.2 Å². The zero-order valence-electron chi connectivity index (χ0n) is 28.3. The number of benzene rings is 1. The van der Waals surface area contributed by atoms with Crippen LogP contribution in [0.2, 0.25) is 0 Å². The van der Waals surface area contributed by atoms with Gasteiger partial charge < -0.3 is 53.1 Å². The molecule has 0 heterocycles. The van der Waals surface area contributed by atoms with Crippen molar-refractivity contribution in [3.8, 4) is 5.75 Å². The molecule has 12 heteroatoms. The molecule has 0 saturated heterocycles. The van der Waals surface area contributed by atoms with Gasteiger partial charge in [-0.25, -0.2) is 0 Å². The van der Waals surface area contributed by atoms with Gasteiger partial charge in [0, 0.05) is 6.42 Å². The minimum Gasteiger partial charge on any atom is -0.489 e. The van der Waals surface area contributed by atoms with E-state index in [-0.39, 0.29) is 12.6 Å². The van der Waals surface area contributed by atoms with Gasteiger partial charge in [0.15, 0.2) is 0 Å². The van der Waals surface area contributed by atoms with E-state index < -0.39 is 0 Å². The van der Waals surface area contributed by atoms with Crippen LogP contribution >= 0.6 is 0 Å². The van der Waals surface area contributed by atoms with Crippen molar-refractivity contribution in [1.82, 2.24) is 0 Å². The molecule has 0 amide bonds. The summed E-state index contributed by atoms with van der Waals surface area (Å²) in [4.78, 5) is 11.7. The van der Waals surface area contributed by atoms with Crippen LogP contribution in [-0.2, 0) is 47.4 Å². The van der Waals surface area contributed by atoms with E-state index in [0.717, 1.165) is 12.8 Å². The van der Waals surface area contributed by atoms with Crippen LogP contribution in [0.4, 0.5) is 5.69 Å². The third-order valence-electron chi connectivity index (χ3n) is 6.48. The number of nitrogens with two attached hydrogens (primary N) is 1. The SMILES string of the molecule is CCCCCCCCCC(=O)OCCOCCOCCOCCOCCOCCOCCOCCOCCOc1ccccc1N. The molecule has 0 spiro atoms. The Balaban J connectivity index is 1.66. The molecular weight excluding hydrogens is 598 g/mol. The smallest absolute Gasteiger partial charge is 0.305 e. The van der Waals surface area contributed by atoms with Gasteiger partial charge in [-0.3, -0.25) is 4.79 Å². The van der Waals surface area contributed by atoms with E-state index in [0.29, 0.717) is 130 Å². The van der Waals surface area contributed by atoms with Crippen molar-refractivity contribution in [2.24, 2.45) is 0 Å². The standard InChI is InChI=1S/C34H61NO11/c1-2-3-4-5-6-7-8-13-34(36)46-31-29-44-27-25-42-23-21-40-19-17-38-15-14-37-16-18-39-20-22-41-24-26-43-28-30-45-33-12-10-9-11-32(33)35/h9-12H,2-8,13-31,35H2,1H3. The highest BCUT2D eigenvalue weighted by atomic mass is 16.6. The van der Waals surface area contributed by atoms with Gasteiger partial charge >= 0.3 is 5.97 Å². The van der Waals surface area contributed by atoms with Crippen LogP contribution in [-0.4, -0.2) is 125 Å². The van der Waals surface area contributed by atoms with Crippen LogP contribution in [0.15, 0.2) is 24.3 Å². The summed E-state index contributed by atoms with van der Waals surface area (Å²) in [5, 5.41) is 0. The summed E-state index contributed by atoms with van der Waals surface area (Å²) < 4.78 is 54.5. The molecule has 2 N–H and O–H groups in total. The molecule has 0 unspecified atom stereocenters. The number of unbranched alkanes of at least 4 members (excludes halogenated alkanes) is 6. The molecule has 268 valence electrons. The Hall–Kier alpha value is -2.03. The molecule has 0 saturated carbocycles. The molecule has 1 aromatic carbocycles. The lowest BCUT2D eigenvalue weighted by Gasteiger charge is -2.09. The molecule has 0 aliphatic carbocycles. The second-order valence-electron chi connectivity index (χ2n) is 10.4. The van der Waals surface area contributed by atoms with Crippen LogP contribution in [0.5, 0.6) is 5.75 Å². The van der Waals surface area contributed by atoms with Crippen molar-refractivity contribution in [2.45, 2.75) is 58.3 Å². The number of carbonyl (C=O) groups excluding carboxylic acids is 1. The molecule has 0 aromatic heterocycles. The molecule has 46 heavy (non-hydrogen) atoms. The summed E-state index contributed by atoms with van der Waals surface area (Å²) in [6, 6.07) is 7.38. The third-order valence-corrected chi connectivity index (χ3v) is 6.48. The normalized spacial score (nSPS) is 11.2. The number of rotatable bonds is 36. The lowest BCUT2D eigenvalue weighted by Crippen LogP contribution is -2.15. The van der Waals surface area contributed by atoms with Gasteiger partial charge in [-0.05, 0) is 18.6 Å². The average Bonchev–Trinajstić information content (AvgIpc) is 3.06. The van der Waals surface area contributed by atoms with Crippen LogP contribution < -0.4 is 10.5 Å². The molecule has 0 atom stereocenters. The summed E-state index contributed by atoms with van der Waals surface area (Å²) in [7, 11) is 0. The fourth-order valence-corrected chi connectivity index (χ4v) is 3.98. The minimum atomic E-state index is -0.141. The number of anilines is 1. The van der Waals surface area contributed by atoms with Crippen molar-refractivity contribution in [3.63, 3.8) is 0 Å². The van der Waals surface area contributed by atoms with Crippen LogP contribution in [0.25, 0.3) is 0 Å². The van der Waals surface area contributed by atoms with Crippen LogP contribution in [0.3, 0.4) is 0 Å². The van der Waals surface area contributed by atoms with E-state index in [9.17, 15) is 4.79 Å². The Morgan fingerprint density at radius 1 is 0.500 bits per heavy atom. The molecule has 0 bridgehead atoms. The first kappa shape index (κ1) is 42.0. The zero-order chi connectivity index (χ0) is 33.0. The van der Waals surface area contributed by atoms with E-state index in [2.05, 4.69) is 6.92 Å². The lowest BCUT2D eigenvalue weighted by molar-refractivity contribution is -0.145. The highest BCUT2D eigenvalue weighted by Gasteiger charge is 2.03. The van der Waals surface area contributed by atoms with Crippen molar-refractivity contribution < 1.29 is 52.2 Å². The Morgan fingerprint density at radius 2 is 0.870 bits per heavy atom. The predicted octanol–water partition coefficient (Wildman–Crippen LogP) is 4.46. The number of carbonyl (C=O) groups is 1. The number of ether oxygens (including phenoxy) is 10. The Morgan fingerprint density at radius 3 is 1.30 bits per heavy atom. The zero-order valence-corrected chi connectivity index (χ0v) is 28.3. The van der Waals surface area contributed by atoms with Gasteiger partial charge in [0.05, 0.1) is 111 Å². The summed E-state index contributed by atoms with van der Waals surface area (Å²) in [6.07, 6.45) is 8.80. The molecular formula is C34H61NO11. The molecule has 0 radical (unpaired) electrons. The number of hydrogen-bond donors (Lipinski definition) is 1. The number of hydrogen-bond acceptors (Lipinski definition) is 12. The highest BCUT2D eigenvalue weighted by Crippen LogP contribution is 2.19. The number of esters is 1. The van der Waals surface area contributed by atoms with Crippen molar-refractivity contribution in [3.05, 3.63) is 24.3 Å². The second-order valence-corrected chi connectivity index (χ2v) is 10.4. The molecule has 1 aromatic rings. The van der Waals surface area contributed by atoms with Gasteiger partial charge in [-0.1, -0.05) is 57.6 Å². The topological polar surface area (TPSA) is 135 Å². The van der Waals surface area contributed by atoms with Crippen molar-refractivity contribution in [2.75, 3.05) is 125 Å². The average molecular weight is 660 g/mol. The summed E-state index contributed by atoms with van der Waals surface area (Å²) in [5.41, 5.74) is 6.43. The van der Waals surface area contributed by atoms with Crippen LogP contribution in [0, 0.1) is 0 Å². The summed E-state index contributed by atoms with van der Waals surface area (Å²) >= 11 is 0. The Labute approximate surface area is 276 Å². The van der Waals surface area contributed by atoms with Gasteiger partial charge in [0.2, 0.25) is 0 Å². The molecule has 0 aliphatic rings. The molecule has 0 aliphatic heterocycles.